The Kier molecular flexibility index (Phi) is 6.44. The minimum atomic E-state index is -0.716. The Labute approximate surface area is 183 Å². The SMILES string of the molecule is CNNC1COc2c(NC3=CC(=Nc4ccc(F)cn4)NNC3C(=O)NC)cccc2N1. The molecule has 32 heavy (non-hydrogen) atoms. The normalized spacial score (nSPS) is 20.8. The molecule has 0 aliphatic carbocycles. The van der Waals surface area contributed by atoms with Crippen LogP contribution >= 0.6 is 0 Å². The third-order valence-corrected chi connectivity index (χ3v) is 4.74. The van der Waals surface area contributed by atoms with Gasteiger partial charge in [0.05, 0.1) is 17.6 Å². The number of benzene rings is 1. The largest absolute Gasteiger partial charge is 0.486 e. The Morgan fingerprint density at radius 1 is 1.28 bits per heavy atom. The van der Waals surface area contributed by atoms with Gasteiger partial charge >= 0.3 is 0 Å². The fourth-order valence-corrected chi connectivity index (χ4v) is 3.28. The van der Waals surface area contributed by atoms with E-state index in [1.54, 1.807) is 20.2 Å². The van der Waals surface area contributed by atoms with Gasteiger partial charge in [0.2, 0.25) is 5.91 Å². The maximum atomic E-state index is 13.1. The average molecular weight is 441 g/mol. The molecule has 2 aromatic rings. The van der Waals surface area contributed by atoms with Gasteiger partial charge in [0.15, 0.2) is 11.6 Å². The van der Waals surface area contributed by atoms with Gasteiger partial charge < -0.3 is 26.1 Å². The summed E-state index contributed by atoms with van der Waals surface area (Å²) in [5.41, 5.74) is 13.8. The highest BCUT2D eigenvalue weighted by atomic mass is 19.1. The Balaban J connectivity index is 1.63. The smallest absolute Gasteiger partial charge is 0.244 e. The molecule has 0 saturated heterocycles. The number of hydrazine groups is 2. The van der Waals surface area contributed by atoms with Crippen LogP contribution in [0.15, 0.2) is 53.3 Å². The predicted molar refractivity (Wildman–Crippen MR) is 119 cm³/mol. The number of hydrogen-bond acceptors (Lipinski definition) is 9. The molecule has 0 fully saturated rings. The Hall–Kier alpha value is -3.74. The third kappa shape index (κ3) is 4.77. The molecule has 11 nitrogen and oxygen atoms in total. The number of amides is 1. The molecular formula is C20H24FN9O2. The van der Waals surface area contributed by atoms with E-state index in [1.165, 1.54) is 12.1 Å². The number of carbonyl (C=O) groups is 1. The second-order valence-electron chi connectivity index (χ2n) is 6.96. The van der Waals surface area contributed by atoms with Gasteiger partial charge in [0.1, 0.15) is 30.5 Å². The molecule has 1 amide bonds. The third-order valence-electron chi connectivity index (χ3n) is 4.74. The average Bonchev–Trinajstić information content (AvgIpc) is 2.80. The van der Waals surface area contributed by atoms with Crippen molar-refractivity contribution in [2.45, 2.75) is 12.2 Å². The standard InChI is InChI=1S/C20H24FN9O2/c1-22-20(31)18-14(8-16(29-30-18)27-15-7-6-11(21)9-24-15)25-12-4-3-5-13-19(12)32-10-17(26-13)28-23-2/h3-9,17-18,23,25-26,28,30H,10H2,1-2H3,(H,22,31)(H,24,27,29). The molecule has 2 unspecified atom stereocenters. The Morgan fingerprint density at radius 3 is 2.91 bits per heavy atom. The van der Waals surface area contributed by atoms with E-state index in [0.29, 0.717) is 35.4 Å². The van der Waals surface area contributed by atoms with Crippen LogP contribution in [0.3, 0.4) is 0 Å². The van der Waals surface area contributed by atoms with E-state index < -0.39 is 11.9 Å². The van der Waals surface area contributed by atoms with Crippen LogP contribution in [0.2, 0.25) is 0 Å². The van der Waals surface area contributed by atoms with Crippen LogP contribution in [0, 0.1) is 5.82 Å². The number of likely N-dealkylation sites (N-methyl/N-ethyl adjacent to an activating group) is 1. The molecule has 168 valence electrons. The molecule has 0 radical (unpaired) electrons. The number of nitrogens with zero attached hydrogens (tertiary/aromatic N) is 2. The van der Waals surface area contributed by atoms with Crippen LogP contribution in [0.5, 0.6) is 5.75 Å². The number of aliphatic imine (C=N–C) groups is 1. The summed E-state index contributed by atoms with van der Waals surface area (Å²) in [5.74, 6) is 0.648. The minimum absolute atomic E-state index is 0.0944. The summed E-state index contributed by atoms with van der Waals surface area (Å²) in [6, 6.07) is 7.65. The number of anilines is 2. The number of para-hydroxylation sites is 1. The number of ether oxygens (including phenoxy) is 1. The number of halogens is 1. The van der Waals surface area contributed by atoms with Gasteiger partial charge in [-0.25, -0.2) is 25.2 Å². The summed E-state index contributed by atoms with van der Waals surface area (Å²) in [6.07, 6.45) is 2.67. The highest BCUT2D eigenvalue weighted by Crippen LogP contribution is 2.37. The number of nitrogens with one attached hydrogen (secondary N) is 7. The van der Waals surface area contributed by atoms with Gasteiger partial charge in [-0.2, -0.15) is 0 Å². The molecule has 0 saturated carbocycles. The van der Waals surface area contributed by atoms with Crippen LogP contribution in [-0.4, -0.2) is 49.6 Å². The molecule has 0 spiro atoms. The monoisotopic (exact) mass is 441 g/mol. The maximum Gasteiger partial charge on any atom is 0.244 e. The molecule has 7 N–H and O–H groups in total. The summed E-state index contributed by atoms with van der Waals surface area (Å²) < 4.78 is 19.1. The predicted octanol–water partition coefficient (Wildman–Crippen LogP) is 0.324. The van der Waals surface area contributed by atoms with Crippen molar-refractivity contribution in [1.29, 1.82) is 0 Å². The molecule has 1 aromatic heterocycles. The van der Waals surface area contributed by atoms with Gasteiger partial charge in [0, 0.05) is 18.8 Å². The second kappa shape index (κ2) is 9.60. The zero-order chi connectivity index (χ0) is 22.5. The maximum absolute atomic E-state index is 13.1. The van der Waals surface area contributed by atoms with Crippen molar-refractivity contribution in [1.82, 2.24) is 32.0 Å². The van der Waals surface area contributed by atoms with Gasteiger partial charge in [-0.15, -0.1) is 0 Å². The second-order valence-corrected chi connectivity index (χ2v) is 6.96. The number of carbonyl (C=O) groups excluding carboxylic acids is 1. The number of aromatic nitrogens is 1. The van der Waals surface area contributed by atoms with Gasteiger partial charge in [-0.3, -0.25) is 10.2 Å². The first-order valence-electron chi connectivity index (χ1n) is 9.94. The molecule has 12 heteroatoms. The highest BCUT2D eigenvalue weighted by Gasteiger charge is 2.28. The lowest BCUT2D eigenvalue weighted by molar-refractivity contribution is -0.121. The lowest BCUT2D eigenvalue weighted by atomic mass is 10.1. The first-order chi connectivity index (χ1) is 15.6. The van der Waals surface area contributed by atoms with E-state index in [2.05, 4.69) is 47.6 Å². The lowest BCUT2D eigenvalue weighted by Crippen LogP contribution is -2.56. The number of fused-ring (bicyclic) bond motifs is 1. The highest BCUT2D eigenvalue weighted by molar-refractivity contribution is 5.99. The molecule has 1 aromatic carbocycles. The van der Waals surface area contributed by atoms with Crippen molar-refractivity contribution >= 4 is 28.9 Å². The quantitative estimate of drug-likeness (QED) is 0.316. The van der Waals surface area contributed by atoms with Crippen molar-refractivity contribution < 1.29 is 13.9 Å². The number of rotatable bonds is 6. The van der Waals surface area contributed by atoms with Crippen LogP contribution in [-0.2, 0) is 4.79 Å². The first kappa shape index (κ1) is 21.5. The first-order valence-corrected chi connectivity index (χ1v) is 9.94. The summed E-state index contributed by atoms with van der Waals surface area (Å²) in [5, 5.41) is 9.25. The van der Waals surface area contributed by atoms with E-state index in [1.807, 2.05) is 18.2 Å². The van der Waals surface area contributed by atoms with E-state index >= 15 is 0 Å². The molecule has 2 aliphatic rings. The molecule has 0 bridgehead atoms. The summed E-state index contributed by atoms with van der Waals surface area (Å²) in [4.78, 5) is 20.7. The Bertz CT molecular complexity index is 1040. The number of amidine groups is 1. The number of pyridine rings is 1. The lowest BCUT2D eigenvalue weighted by Gasteiger charge is -2.31. The Morgan fingerprint density at radius 2 is 2.16 bits per heavy atom. The van der Waals surface area contributed by atoms with Crippen molar-refractivity contribution in [3.8, 4) is 5.75 Å². The minimum Gasteiger partial charge on any atom is -0.486 e. The summed E-state index contributed by atoms with van der Waals surface area (Å²) >= 11 is 0. The van der Waals surface area contributed by atoms with Crippen molar-refractivity contribution in [3.63, 3.8) is 0 Å². The fraction of sp³-hybridized carbons (Fsp3) is 0.250. The molecule has 3 heterocycles. The van der Waals surface area contributed by atoms with Gasteiger partial charge in [0.25, 0.3) is 0 Å². The van der Waals surface area contributed by atoms with Gasteiger partial charge in [-0.05, 0) is 31.3 Å². The topological polar surface area (TPSA) is 136 Å². The van der Waals surface area contributed by atoms with E-state index in [0.717, 1.165) is 11.9 Å². The number of hydrogen-bond donors (Lipinski definition) is 7. The van der Waals surface area contributed by atoms with Crippen LogP contribution in [0.25, 0.3) is 0 Å². The zero-order valence-electron chi connectivity index (χ0n) is 17.5. The summed E-state index contributed by atoms with van der Waals surface area (Å²) in [6.45, 7) is 0.396. The fourth-order valence-electron chi connectivity index (χ4n) is 3.28. The van der Waals surface area contributed by atoms with Crippen LogP contribution in [0.4, 0.5) is 21.6 Å². The molecular weight excluding hydrogens is 417 g/mol. The van der Waals surface area contributed by atoms with E-state index in [4.69, 9.17) is 4.74 Å². The van der Waals surface area contributed by atoms with Crippen LogP contribution in [0.1, 0.15) is 0 Å². The zero-order valence-corrected chi connectivity index (χ0v) is 17.5. The van der Waals surface area contributed by atoms with Gasteiger partial charge in [-0.1, -0.05) is 6.07 Å². The molecule has 2 aliphatic heterocycles. The summed E-state index contributed by atoms with van der Waals surface area (Å²) in [7, 11) is 3.34. The van der Waals surface area contributed by atoms with E-state index in [9.17, 15) is 9.18 Å². The van der Waals surface area contributed by atoms with Crippen LogP contribution < -0.4 is 42.4 Å². The van der Waals surface area contributed by atoms with Crippen molar-refractivity contribution in [2.24, 2.45) is 4.99 Å². The molecule has 2 atom stereocenters. The molecule has 4 rings (SSSR count). The van der Waals surface area contributed by atoms with Crippen molar-refractivity contribution in [2.75, 3.05) is 31.3 Å². The van der Waals surface area contributed by atoms with E-state index in [-0.39, 0.29) is 12.1 Å². The van der Waals surface area contributed by atoms with Crippen molar-refractivity contribution in [3.05, 3.63) is 54.1 Å².